The lowest BCUT2D eigenvalue weighted by Crippen LogP contribution is -1.90. The Morgan fingerprint density at radius 3 is 2.62 bits per heavy atom. The van der Waals surface area contributed by atoms with E-state index in [0.29, 0.717) is 5.92 Å². The molecular weight excluding hydrogens is 320 g/mol. The molecule has 0 nitrogen and oxygen atoms in total. The summed E-state index contributed by atoms with van der Waals surface area (Å²) in [5.41, 5.74) is 10.9. The van der Waals surface area contributed by atoms with Crippen molar-refractivity contribution in [1.82, 2.24) is 0 Å². The smallest absolute Gasteiger partial charge is 0.0321 e. The van der Waals surface area contributed by atoms with Gasteiger partial charge in [-0.1, -0.05) is 72.8 Å². The molecule has 0 bridgehead atoms. The third kappa shape index (κ3) is 3.05. The highest BCUT2D eigenvalue weighted by Crippen LogP contribution is 2.44. The minimum absolute atomic E-state index is 0.480. The third-order valence-electron chi connectivity index (χ3n) is 3.49. The zero-order valence-corrected chi connectivity index (χ0v) is 14.5. The van der Waals surface area contributed by atoms with Gasteiger partial charge >= 0.3 is 0 Å². The van der Waals surface area contributed by atoms with Gasteiger partial charge in [-0.05, 0) is 41.2 Å². The van der Waals surface area contributed by atoms with Crippen molar-refractivity contribution in [2.75, 3.05) is 0 Å². The molecule has 1 aliphatic rings. The number of hydrogen-bond donors (Lipinski definition) is 0. The van der Waals surface area contributed by atoms with Crippen molar-refractivity contribution in [1.29, 1.82) is 0 Å². The first-order chi connectivity index (χ1) is 10.1. The highest BCUT2D eigenvalue weighted by Gasteiger charge is 2.25. The van der Waals surface area contributed by atoms with E-state index in [9.17, 15) is 0 Å². The summed E-state index contributed by atoms with van der Waals surface area (Å²) in [5, 5.41) is 0.844. The molecule has 0 aromatic heterocycles. The molecule has 0 unspecified atom stereocenters. The second-order valence-corrected chi connectivity index (χ2v) is 6.00. The van der Waals surface area contributed by atoms with E-state index in [1.807, 2.05) is 13.0 Å². The minimum atomic E-state index is 0.480. The van der Waals surface area contributed by atoms with Crippen LogP contribution in [-0.4, -0.2) is 0 Å². The standard InChI is InChI=1S/C20H21Br/c1-5-8-17-16(6-2)19(12-11-14(3)4)20-15(13-21)9-7-10-18(17)20/h5-11,14H,2,13H2,1,3-4H3/b8-5-. The van der Waals surface area contributed by atoms with Crippen molar-refractivity contribution < 1.29 is 0 Å². The van der Waals surface area contributed by atoms with Crippen molar-refractivity contribution in [2.45, 2.75) is 26.1 Å². The lowest BCUT2D eigenvalue weighted by Gasteiger charge is -2.07. The van der Waals surface area contributed by atoms with Crippen LogP contribution in [0.5, 0.6) is 0 Å². The van der Waals surface area contributed by atoms with Gasteiger partial charge in [0.25, 0.3) is 0 Å². The first kappa shape index (κ1) is 15.8. The second-order valence-electron chi connectivity index (χ2n) is 5.43. The summed E-state index contributed by atoms with van der Waals surface area (Å²) in [6.07, 6.45) is 8.33. The summed E-state index contributed by atoms with van der Waals surface area (Å²) in [6.45, 7) is 10.4. The van der Waals surface area contributed by atoms with Crippen LogP contribution in [0.15, 0.2) is 60.4 Å². The van der Waals surface area contributed by atoms with E-state index in [4.69, 9.17) is 0 Å². The van der Waals surface area contributed by atoms with Gasteiger partial charge in [0.1, 0.15) is 0 Å². The Labute approximate surface area is 136 Å². The van der Waals surface area contributed by atoms with Gasteiger partial charge in [0.15, 0.2) is 0 Å². The largest absolute Gasteiger partial charge is 0.116 e. The Hall–Kier alpha value is -1.56. The summed E-state index contributed by atoms with van der Waals surface area (Å²) in [4.78, 5) is 0. The normalized spacial score (nSPS) is 13.9. The number of hydrogen-bond acceptors (Lipinski definition) is 0. The number of rotatable bonds is 4. The first-order valence-corrected chi connectivity index (χ1v) is 8.41. The molecule has 0 N–H and O–H groups in total. The summed E-state index contributed by atoms with van der Waals surface area (Å²) in [7, 11) is 0. The van der Waals surface area contributed by atoms with Crippen LogP contribution in [0.1, 0.15) is 37.5 Å². The van der Waals surface area contributed by atoms with E-state index in [-0.39, 0.29) is 0 Å². The van der Waals surface area contributed by atoms with Gasteiger partial charge in [-0.3, -0.25) is 0 Å². The number of alkyl halides is 1. The molecule has 0 heterocycles. The van der Waals surface area contributed by atoms with E-state index in [1.165, 1.54) is 27.8 Å². The topological polar surface area (TPSA) is 0 Å². The van der Waals surface area contributed by atoms with Crippen LogP contribution in [-0.2, 0) is 5.33 Å². The fourth-order valence-electron chi connectivity index (χ4n) is 2.60. The van der Waals surface area contributed by atoms with Gasteiger partial charge in [0, 0.05) is 16.5 Å². The number of allylic oxidation sites excluding steroid dienone is 6. The summed E-state index contributed by atoms with van der Waals surface area (Å²) < 4.78 is 0. The Morgan fingerprint density at radius 1 is 1.29 bits per heavy atom. The van der Waals surface area contributed by atoms with Gasteiger partial charge in [-0.2, -0.15) is 0 Å². The zero-order valence-electron chi connectivity index (χ0n) is 12.9. The Bertz CT molecular complexity index is 678. The SMILES string of the molecule is C=CC1=C(/C=C\C)c2cccc(CBr)c2C1=C=CC(C)C. The van der Waals surface area contributed by atoms with Gasteiger partial charge in [0.05, 0.1) is 0 Å². The van der Waals surface area contributed by atoms with Crippen molar-refractivity contribution >= 4 is 27.1 Å². The van der Waals surface area contributed by atoms with Crippen LogP contribution in [0.4, 0.5) is 0 Å². The van der Waals surface area contributed by atoms with Gasteiger partial charge in [-0.25, -0.2) is 0 Å². The lowest BCUT2D eigenvalue weighted by atomic mass is 9.98. The lowest BCUT2D eigenvalue weighted by molar-refractivity contribution is 0.833. The highest BCUT2D eigenvalue weighted by atomic mass is 79.9. The van der Waals surface area contributed by atoms with Crippen LogP contribution in [0.25, 0.3) is 11.1 Å². The molecule has 0 atom stereocenters. The zero-order chi connectivity index (χ0) is 15.4. The molecule has 108 valence electrons. The van der Waals surface area contributed by atoms with Crippen molar-refractivity contribution in [3.63, 3.8) is 0 Å². The average molecular weight is 341 g/mol. The van der Waals surface area contributed by atoms with E-state index in [2.05, 4.69) is 78.5 Å². The van der Waals surface area contributed by atoms with Gasteiger partial charge in [0.2, 0.25) is 0 Å². The number of halogens is 1. The predicted octanol–water partition coefficient (Wildman–Crippen LogP) is 6.31. The molecular formula is C20H21Br. The minimum Gasteiger partial charge on any atom is -0.116 e. The van der Waals surface area contributed by atoms with E-state index in [1.54, 1.807) is 0 Å². The molecule has 1 aromatic rings. The maximum absolute atomic E-state index is 4.01. The Balaban J connectivity index is 2.82. The van der Waals surface area contributed by atoms with Crippen LogP contribution >= 0.6 is 15.9 Å². The fraction of sp³-hybridized carbons (Fsp3) is 0.250. The van der Waals surface area contributed by atoms with Crippen LogP contribution in [0.2, 0.25) is 0 Å². The van der Waals surface area contributed by atoms with E-state index in [0.717, 1.165) is 10.9 Å². The molecule has 0 radical (unpaired) electrons. The predicted molar refractivity (Wildman–Crippen MR) is 97.3 cm³/mol. The molecule has 0 fully saturated rings. The molecule has 1 aromatic carbocycles. The average Bonchev–Trinajstić information content (AvgIpc) is 2.78. The molecule has 0 saturated heterocycles. The maximum atomic E-state index is 4.01. The van der Waals surface area contributed by atoms with Gasteiger partial charge < -0.3 is 0 Å². The molecule has 0 aliphatic heterocycles. The first-order valence-electron chi connectivity index (χ1n) is 7.29. The maximum Gasteiger partial charge on any atom is 0.0321 e. The van der Waals surface area contributed by atoms with Crippen LogP contribution < -0.4 is 0 Å². The molecule has 1 heteroatoms. The Kier molecular flexibility index (Phi) is 5.22. The van der Waals surface area contributed by atoms with Crippen LogP contribution in [0, 0.1) is 5.92 Å². The molecule has 0 saturated carbocycles. The molecule has 21 heavy (non-hydrogen) atoms. The van der Waals surface area contributed by atoms with Crippen molar-refractivity contribution in [3.8, 4) is 0 Å². The monoisotopic (exact) mass is 340 g/mol. The van der Waals surface area contributed by atoms with Gasteiger partial charge in [-0.15, -0.1) is 5.73 Å². The molecule has 0 amide bonds. The third-order valence-corrected chi connectivity index (χ3v) is 4.10. The Morgan fingerprint density at radius 2 is 2.05 bits per heavy atom. The quantitative estimate of drug-likeness (QED) is 0.445. The number of benzene rings is 1. The number of fused-ring (bicyclic) bond motifs is 1. The van der Waals surface area contributed by atoms with Crippen molar-refractivity contribution in [2.24, 2.45) is 5.92 Å². The summed E-state index contributed by atoms with van der Waals surface area (Å²) in [6, 6.07) is 6.48. The van der Waals surface area contributed by atoms with Crippen molar-refractivity contribution in [3.05, 3.63) is 77.1 Å². The summed E-state index contributed by atoms with van der Waals surface area (Å²) >= 11 is 3.61. The fourth-order valence-corrected chi connectivity index (χ4v) is 3.07. The molecule has 0 spiro atoms. The highest BCUT2D eigenvalue weighted by molar-refractivity contribution is 9.08. The molecule has 1 aliphatic carbocycles. The summed E-state index contributed by atoms with van der Waals surface area (Å²) in [5.74, 6) is 0.480. The van der Waals surface area contributed by atoms with Crippen LogP contribution in [0.3, 0.4) is 0 Å². The van der Waals surface area contributed by atoms with E-state index < -0.39 is 0 Å². The second kappa shape index (κ2) is 6.93. The molecule has 2 rings (SSSR count). The van der Waals surface area contributed by atoms with E-state index >= 15 is 0 Å².